The zero-order valence-electron chi connectivity index (χ0n) is 11.7. The number of fused-ring (bicyclic) bond motifs is 1. The third kappa shape index (κ3) is 4.10. The minimum Gasteiger partial charge on any atom is -0.488 e. The molecular weight excluding hydrogens is 262 g/mol. The second-order valence-electron chi connectivity index (χ2n) is 5.04. The molecular formula is C15H22ClNO2. The van der Waals surface area contributed by atoms with Crippen molar-refractivity contribution >= 4 is 11.6 Å². The molecule has 0 spiro atoms. The van der Waals surface area contributed by atoms with Crippen molar-refractivity contribution in [3.63, 3.8) is 0 Å². The fourth-order valence-corrected chi connectivity index (χ4v) is 2.71. The quantitative estimate of drug-likeness (QED) is 0.718. The van der Waals surface area contributed by atoms with Crippen molar-refractivity contribution in [3.05, 3.63) is 29.3 Å². The number of methoxy groups -OCH3 is 1. The van der Waals surface area contributed by atoms with E-state index in [1.54, 1.807) is 7.11 Å². The molecule has 1 aliphatic rings. The Kier molecular flexibility index (Phi) is 5.49. The first-order valence-electron chi connectivity index (χ1n) is 6.76. The van der Waals surface area contributed by atoms with Gasteiger partial charge in [0.2, 0.25) is 0 Å². The van der Waals surface area contributed by atoms with E-state index in [1.165, 1.54) is 11.1 Å². The molecule has 1 aromatic carbocycles. The number of rotatable bonds is 7. The predicted molar refractivity (Wildman–Crippen MR) is 78.3 cm³/mol. The van der Waals surface area contributed by atoms with Crippen LogP contribution in [0.3, 0.4) is 0 Å². The third-order valence-electron chi connectivity index (χ3n) is 3.43. The van der Waals surface area contributed by atoms with E-state index in [0.717, 1.165) is 38.4 Å². The van der Waals surface area contributed by atoms with Gasteiger partial charge in [-0.05, 0) is 18.6 Å². The monoisotopic (exact) mass is 283 g/mol. The number of hydrogen-bond donors (Lipinski definition) is 0. The van der Waals surface area contributed by atoms with Gasteiger partial charge in [0.05, 0.1) is 6.61 Å². The molecule has 106 valence electrons. The summed E-state index contributed by atoms with van der Waals surface area (Å²) in [6.45, 7) is 5.53. The molecule has 1 unspecified atom stereocenters. The normalized spacial score (nSPS) is 17.6. The van der Waals surface area contributed by atoms with E-state index in [0.29, 0.717) is 5.88 Å². The Labute approximate surface area is 120 Å². The van der Waals surface area contributed by atoms with Crippen LogP contribution in [0.1, 0.15) is 11.1 Å². The van der Waals surface area contributed by atoms with E-state index in [-0.39, 0.29) is 6.10 Å². The molecule has 0 aliphatic carbocycles. The zero-order chi connectivity index (χ0) is 13.7. The van der Waals surface area contributed by atoms with Gasteiger partial charge in [-0.15, -0.1) is 11.6 Å². The smallest absolute Gasteiger partial charge is 0.123 e. The molecule has 0 radical (unpaired) electrons. The van der Waals surface area contributed by atoms with Crippen molar-refractivity contribution in [2.75, 3.05) is 39.2 Å². The zero-order valence-corrected chi connectivity index (χ0v) is 12.4. The molecule has 0 saturated heterocycles. The van der Waals surface area contributed by atoms with Gasteiger partial charge < -0.3 is 9.47 Å². The molecule has 1 heterocycles. The average molecular weight is 284 g/mol. The van der Waals surface area contributed by atoms with E-state index < -0.39 is 0 Å². The highest BCUT2D eigenvalue weighted by Gasteiger charge is 2.24. The maximum atomic E-state index is 5.99. The number of ether oxygens (including phenoxy) is 2. The van der Waals surface area contributed by atoms with Crippen LogP contribution in [0.25, 0.3) is 0 Å². The Bertz CT molecular complexity index is 411. The summed E-state index contributed by atoms with van der Waals surface area (Å²) in [5, 5.41) is 0. The molecule has 1 aliphatic heterocycles. The Morgan fingerprint density at radius 3 is 3.00 bits per heavy atom. The summed E-state index contributed by atoms with van der Waals surface area (Å²) in [4.78, 5) is 2.31. The van der Waals surface area contributed by atoms with E-state index in [1.807, 2.05) is 0 Å². The van der Waals surface area contributed by atoms with Crippen molar-refractivity contribution in [1.29, 1.82) is 0 Å². The Hall–Kier alpha value is -0.770. The third-order valence-corrected chi connectivity index (χ3v) is 3.60. The summed E-state index contributed by atoms with van der Waals surface area (Å²) in [5.41, 5.74) is 2.61. The Balaban J connectivity index is 1.90. The maximum Gasteiger partial charge on any atom is 0.123 e. The fourth-order valence-electron chi connectivity index (χ4n) is 2.47. The van der Waals surface area contributed by atoms with Crippen LogP contribution in [0.5, 0.6) is 5.75 Å². The van der Waals surface area contributed by atoms with Gasteiger partial charge in [0.15, 0.2) is 0 Å². The van der Waals surface area contributed by atoms with E-state index in [2.05, 4.69) is 30.0 Å². The highest BCUT2D eigenvalue weighted by Crippen LogP contribution is 2.29. The lowest BCUT2D eigenvalue weighted by atomic mass is 10.1. The molecule has 0 aromatic heterocycles. The second kappa shape index (κ2) is 7.13. The Morgan fingerprint density at radius 2 is 2.26 bits per heavy atom. The first kappa shape index (κ1) is 14.6. The summed E-state index contributed by atoms with van der Waals surface area (Å²) in [5.74, 6) is 1.68. The average Bonchev–Trinajstić information content (AvgIpc) is 2.77. The summed E-state index contributed by atoms with van der Waals surface area (Å²) in [7, 11) is 1.73. The van der Waals surface area contributed by atoms with Crippen LogP contribution in [0.2, 0.25) is 0 Å². The van der Waals surface area contributed by atoms with Crippen LogP contribution in [-0.2, 0) is 11.2 Å². The van der Waals surface area contributed by atoms with Gasteiger partial charge in [0.25, 0.3) is 0 Å². The van der Waals surface area contributed by atoms with Gasteiger partial charge in [-0.2, -0.15) is 0 Å². The van der Waals surface area contributed by atoms with Crippen LogP contribution in [0, 0.1) is 6.92 Å². The maximum absolute atomic E-state index is 5.99. The van der Waals surface area contributed by atoms with E-state index in [9.17, 15) is 0 Å². The van der Waals surface area contributed by atoms with Crippen molar-refractivity contribution in [2.24, 2.45) is 0 Å². The lowest BCUT2D eigenvalue weighted by Gasteiger charge is -2.24. The van der Waals surface area contributed by atoms with Crippen molar-refractivity contribution in [1.82, 2.24) is 4.90 Å². The number of aryl methyl sites for hydroxylation is 1. The molecule has 19 heavy (non-hydrogen) atoms. The number of benzene rings is 1. The van der Waals surface area contributed by atoms with Gasteiger partial charge in [-0.25, -0.2) is 0 Å². The van der Waals surface area contributed by atoms with E-state index >= 15 is 0 Å². The van der Waals surface area contributed by atoms with E-state index in [4.69, 9.17) is 21.1 Å². The topological polar surface area (TPSA) is 21.7 Å². The summed E-state index contributed by atoms with van der Waals surface area (Å²) in [6, 6.07) is 6.39. The molecule has 1 atom stereocenters. The number of hydrogen-bond acceptors (Lipinski definition) is 3. The minimum absolute atomic E-state index is 0.233. The lowest BCUT2D eigenvalue weighted by Crippen LogP contribution is -2.38. The second-order valence-corrected chi connectivity index (χ2v) is 5.42. The van der Waals surface area contributed by atoms with Gasteiger partial charge in [-0.3, -0.25) is 4.90 Å². The predicted octanol–water partition coefficient (Wildman–Crippen LogP) is 2.49. The first-order chi connectivity index (χ1) is 9.22. The minimum atomic E-state index is 0.233. The molecule has 0 amide bonds. The summed E-state index contributed by atoms with van der Waals surface area (Å²) >= 11 is 5.85. The Morgan fingerprint density at radius 1 is 1.42 bits per heavy atom. The highest BCUT2D eigenvalue weighted by molar-refractivity contribution is 6.18. The SMILES string of the molecule is COCCN(CCCl)CC1Cc2cc(C)ccc2O1. The van der Waals surface area contributed by atoms with Crippen LogP contribution >= 0.6 is 11.6 Å². The van der Waals surface area contributed by atoms with Crippen molar-refractivity contribution in [2.45, 2.75) is 19.4 Å². The van der Waals surface area contributed by atoms with Gasteiger partial charge in [0.1, 0.15) is 11.9 Å². The van der Waals surface area contributed by atoms with Crippen LogP contribution < -0.4 is 4.74 Å². The van der Waals surface area contributed by atoms with Crippen LogP contribution in [0.15, 0.2) is 18.2 Å². The first-order valence-corrected chi connectivity index (χ1v) is 7.30. The molecule has 2 rings (SSSR count). The fraction of sp³-hybridized carbons (Fsp3) is 0.600. The van der Waals surface area contributed by atoms with Crippen molar-refractivity contribution in [3.8, 4) is 5.75 Å². The molecule has 1 aromatic rings. The van der Waals surface area contributed by atoms with Gasteiger partial charge in [0, 0.05) is 39.0 Å². The number of halogens is 1. The van der Waals surface area contributed by atoms with Crippen LogP contribution in [0.4, 0.5) is 0 Å². The highest BCUT2D eigenvalue weighted by atomic mass is 35.5. The molecule has 0 N–H and O–H groups in total. The number of alkyl halides is 1. The molecule has 4 heteroatoms. The molecule has 0 saturated carbocycles. The number of nitrogens with zero attached hydrogens (tertiary/aromatic N) is 1. The van der Waals surface area contributed by atoms with Gasteiger partial charge in [-0.1, -0.05) is 17.7 Å². The van der Waals surface area contributed by atoms with Gasteiger partial charge >= 0.3 is 0 Å². The standard InChI is InChI=1S/C15H22ClNO2/c1-12-3-4-15-13(9-12)10-14(19-15)11-17(6-5-16)7-8-18-2/h3-4,9,14H,5-8,10-11H2,1-2H3. The van der Waals surface area contributed by atoms with Crippen LogP contribution in [-0.4, -0.2) is 50.2 Å². The van der Waals surface area contributed by atoms with Crippen molar-refractivity contribution < 1.29 is 9.47 Å². The summed E-state index contributed by atoms with van der Waals surface area (Å²) in [6.07, 6.45) is 1.22. The lowest BCUT2D eigenvalue weighted by molar-refractivity contribution is 0.115. The largest absolute Gasteiger partial charge is 0.488 e. The molecule has 0 fully saturated rings. The molecule has 3 nitrogen and oxygen atoms in total. The summed E-state index contributed by atoms with van der Waals surface area (Å²) < 4.78 is 11.1. The molecule has 0 bridgehead atoms.